The molecule has 1 aromatic heterocycles. The molecule has 0 aliphatic carbocycles. The van der Waals surface area contributed by atoms with Crippen molar-refractivity contribution in [2.75, 3.05) is 13.1 Å². The van der Waals surface area contributed by atoms with Gasteiger partial charge in [0.05, 0.1) is 29.0 Å². The third-order valence-electron chi connectivity index (χ3n) is 6.50. The van der Waals surface area contributed by atoms with Gasteiger partial charge in [-0.15, -0.1) is 0 Å². The lowest BCUT2D eigenvalue weighted by molar-refractivity contribution is 0.0696. The van der Waals surface area contributed by atoms with E-state index >= 15 is 0 Å². The molecular weight excluding hydrogens is 462 g/mol. The number of carbonyl (C=O) groups is 2. The van der Waals surface area contributed by atoms with E-state index in [-0.39, 0.29) is 11.5 Å². The van der Waals surface area contributed by atoms with Crippen molar-refractivity contribution in [1.82, 2.24) is 15.4 Å². The Balaban J connectivity index is 1.34. The second-order valence-electron chi connectivity index (χ2n) is 9.14. The summed E-state index contributed by atoms with van der Waals surface area (Å²) >= 11 is 0. The maximum absolute atomic E-state index is 12.9. The van der Waals surface area contributed by atoms with Crippen LogP contribution >= 0.6 is 0 Å². The number of carbonyl (C=O) groups excluding carboxylic acids is 1. The summed E-state index contributed by atoms with van der Waals surface area (Å²) in [7, 11) is 0. The SMILES string of the molecule is Cc1noc(C)c1COc1ccc(C(=O)N[C@H]2CN(Cc3ccc(C(=O)O)cc3)CCC[C@H]2O)cc1. The summed E-state index contributed by atoms with van der Waals surface area (Å²) in [4.78, 5) is 26.2. The number of rotatable bonds is 8. The van der Waals surface area contributed by atoms with E-state index in [0.29, 0.717) is 37.4 Å². The summed E-state index contributed by atoms with van der Waals surface area (Å²) in [6.07, 6.45) is 0.747. The number of aryl methyl sites for hydroxylation is 2. The van der Waals surface area contributed by atoms with Crippen LogP contribution in [0.1, 0.15) is 56.1 Å². The molecule has 2 atom stereocenters. The van der Waals surface area contributed by atoms with Gasteiger partial charge in [-0.05, 0) is 75.2 Å². The topological polar surface area (TPSA) is 125 Å². The van der Waals surface area contributed by atoms with E-state index in [1.807, 2.05) is 13.8 Å². The second kappa shape index (κ2) is 11.4. The number of aromatic nitrogens is 1. The summed E-state index contributed by atoms with van der Waals surface area (Å²) in [6, 6.07) is 13.2. The van der Waals surface area contributed by atoms with Crippen LogP contribution in [0.3, 0.4) is 0 Å². The molecule has 9 heteroatoms. The number of ether oxygens (including phenoxy) is 1. The predicted molar refractivity (Wildman–Crippen MR) is 132 cm³/mol. The number of hydrogen-bond acceptors (Lipinski definition) is 7. The van der Waals surface area contributed by atoms with E-state index in [1.165, 1.54) is 0 Å². The van der Waals surface area contributed by atoms with Crippen LogP contribution < -0.4 is 10.1 Å². The summed E-state index contributed by atoms with van der Waals surface area (Å²) < 4.78 is 11.0. The highest BCUT2D eigenvalue weighted by Gasteiger charge is 2.27. The molecule has 0 spiro atoms. The summed E-state index contributed by atoms with van der Waals surface area (Å²) in [5.41, 5.74) is 3.40. The molecule has 1 amide bonds. The number of benzene rings is 2. The van der Waals surface area contributed by atoms with E-state index in [1.54, 1.807) is 48.5 Å². The van der Waals surface area contributed by atoms with Crippen LogP contribution in [0.5, 0.6) is 5.75 Å². The van der Waals surface area contributed by atoms with Crippen LogP contribution in [0.15, 0.2) is 53.1 Å². The molecule has 2 aromatic carbocycles. The van der Waals surface area contributed by atoms with E-state index in [9.17, 15) is 14.7 Å². The Hall–Kier alpha value is -3.69. The van der Waals surface area contributed by atoms with Crippen molar-refractivity contribution in [3.8, 4) is 5.75 Å². The number of nitrogens with zero attached hydrogens (tertiary/aromatic N) is 2. The monoisotopic (exact) mass is 493 g/mol. The van der Waals surface area contributed by atoms with Gasteiger partial charge in [0.1, 0.15) is 18.1 Å². The van der Waals surface area contributed by atoms with E-state index < -0.39 is 18.1 Å². The molecule has 1 aliphatic rings. The Morgan fingerprint density at radius 2 is 1.81 bits per heavy atom. The van der Waals surface area contributed by atoms with Crippen molar-refractivity contribution < 1.29 is 29.1 Å². The van der Waals surface area contributed by atoms with Gasteiger partial charge in [-0.2, -0.15) is 0 Å². The molecular formula is C27H31N3O6. The van der Waals surface area contributed by atoms with Gasteiger partial charge in [-0.3, -0.25) is 9.69 Å². The van der Waals surface area contributed by atoms with Crippen molar-refractivity contribution in [3.05, 3.63) is 82.2 Å². The van der Waals surface area contributed by atoms with Gasteiger partial charge in [-0.25, -0.2) is 4.79 Å². The maximum atomic E-state index is 12.9. The van der Waals surface area contributed by atoms with Crippen molar-refractivity contribution in [2.24, 2.45) is 0 Å². The van der Waals surface area contributed by atoms with Gasteiger partial charge in [0.15, 0.2) is 0 Å². The molecule has 1 saturated heterocycles. The van der Waals surface area contributed by atoms with Crippen LogP contribution in [0.25, 0.3) is 0 Å². The lowest BCUT2D eigenvalue weighted by atomic mass is 10.1. The van der Waals surface area contributed by atoms with Crippen LogP contribution in [0.4, 0.5) is 0 Å². The molecule has 9 nitrogen and oxygen atoms in total. The Bertz CT molecular complexity index is 1170. The highest BCUT2D eigenvalue weighted by Crippen LogP contribution is 2.19. The first-order chi connectivity index (χ1) is 17.3. The predicted octanol–water partition coefficient (Wildman–Crippen LogP) is 3.32. The second-order valence-corrected chi connectivity index (χ2v) is 9.14. The molecule has 1 fully saturated rings. The number of aliphatic hydroxyl groups excluding tert-OH is 1. The molecule has 3 N–H and O–H groups in total. The minimum atomic E-state index is -0.956. The molecule has 0 radical (unpaired) electrons. The normalized spacial score (nSPS) is 18.4. The molecule has 2 heterocycles. The maximum Gasteiger partial charge on any atom is 0.335 e. The fraction of sp³-hybridized carbons (Fsp3) is 0.370. The first kappa shape index (κ1) is 25.4. The molecule has 36 heavy (non-hydrogen) atoms. The van der Waals surface area contributed by atoms with Gasteiger partial charge in [0, 0.05) is 18.7 Å². The first-order valence-electron chi connectivity index (χ1n) is 12.0. The average molecular weight is 494 g/mol. The largest absolute Gasteiger partial charge is 0.489 e. The van der Waals surface area contributed by atoms with Crippen molar-refractivity contribution in [2.45, 2.75) is 52.0 Å². The standard InChI is InChI=1S/C27H31N3O6/c1-17-23(18(2)36-29-17)16-35-22-11-9-20(10-12-22)26(32)28-24-15-30(13-3-4-25(24)31)14-19-5-7-21(8-6-19)27(33)34/h5-12,24-25,31H,3-4,13-16H2,1-2H3,(H,28,32)(H,33,34)/t24-,25+/m0/s1. The Morgan fingerprint density at radius 1 is 1.11 bits per heavy atom. The van der Waals surface area contributed by atoms with Crippen molar-refractivity contribution in [1.29, 1.82) is 0 Å². The molecule has 1 aliphatic heterocycles. The van der Waals surface area contributed by atoms with Gasteiger partial charge in [-0.1, -0.05) is 17.3 Å². The van der Waals surface area contributed by atoms with E-state index in [0.717, 1.165) is 35.5 Å². The van der Waals surface area contributed by atoms with Crippen LogP contribution in [0.2, 0.25) is 0 Å². The van der Waals surface area contributed by atoms with Gasteiger partial charge in [0.25, 0.3) is 5.91 Å². The summed E-state index contributed by atoms with van der Waals surface area (Å²) in [5, 5.41) is 26.6. The van der Waals surface area contributed by atoms with Crippen LogP contribution in [-0.2, 0) is 13.2 Å². The fourth-order valence-corrected chi connectivity index (χ4v) is 4.33. The molecule has 0 unspecified atom stereocenters. The van der Waals surface area contributed by atoms with E-state index in [4.69, 9.17) is 14.4 Å². The zero-order valence-corrected chi connectivity index (χ0v) is 20.4. The highest BCUT2D eigenvalue weighted by atomic mass is 16.5. The van der Waals surface area contributed by atoms with Crippen LogP contribution in [0, 0.1) is 13.8 Å². The van der Waals surface area contributed by atoms with Gasteiger partial charge >= 0.3 is 5.97 Å². The zero-order valence-electron chi connectivity index (χ0n) is 20.4. The van der Waals surface area contributed by atoms with Crippen LogP contribution in [-0.4, -0.2) is 57.4 Å². The van der Waals surface area contributed by atoms with Gasteiger partial charge < -0.3 is 24.8 Å². The highest BCUT2D eigenvalue weighted by molar-refractivity contribution is 5.94. The number of carboxylic acid groups (broad SMARTS) is 1. The lowest BCUT2D eigenvalue weighted by Gasteiger charge is -2.27. The Morgan fingerprint density at radius 3 is 2.44 bits per heavy atom. The zero-order chi connectivity index (χ0) is 25.7. The Kier molecular flexibility index (Phi) is 8.02. The fourth-order valence-electron chi connectivity index (χ4n) is 4.33. The molecule has 0 bridgehead atoms. The summed E-state index contributed by atoms with van der Waals surface area (Å²) in [6.45, 7) is 5.91. The van der Waals surface area contributed by atoms with E-state index in [2.05, 4.69) is 15.4 Å². The van der Waals surface area contributed by atoms with Crippen molar-refractivity contribution in [3.63, 3.8) is 0 Å². The third kappa shape index (κ3) is 6.30. The number of amides is 1. The molecule has 190 valence electrons. The summed E-state index contributed by atoms with van der Waals surface area (Å²) in [5.74, 6) is 0.129. The first-order valence-corrected chi connectivity index (χ1v) is 12.0. The lowest BCUT2D eigenvalue weighted by Crippen LogP contribution is -2.48. The number of carboxylic acids is 1. The average Bonchev–Trinajstić information content (AvgIpc) is 3.08. The number of hydrogen-bond donors (Lipinski definition) is 3. The van der Waals surface area contributed by atoms with Crippen molar-refractivity contribution >= 4 is 11.9 Å². The molecule has 0 saturated carbocycles. The Labute approximate surface area is 209 Å². The molecule has 4 rings (SSSR count). The number of aliphatic hydroxyl groups is 1. The number of nitrogens with one attached hydrogen (secondary N) is 1. The number of aromatic carboxylic acids is 1. The smallest absolute Gasteiger partial charge is 0.335 e. The number of likely N-dealkylation sites (tertiary alicyclic amines) is 1. The quantitative estimate of drug-likeness (QED) is 0.436. The van der Waals surface area contributed by atoms with Gasteiger partial charge in [0.2, 0.25) is 0 Å². The third-order valence-corrected chi connectivity index (χ3v) is 6.50. The minimum Gasteiger partial charge on any atom is -0.489 e. The minimum absolute atomic E-state index is 0.246. The molecule has 3 aromatic rings.